The number of aliphatic carboxylic acids is 1. The van der Waals surface area contributed by atoms with Gasteiger partial charge in [-0.25, -0.2) is 9.59 Å². The molecule has 1 N–H and O–H groups in total. The van der Waals surface area contributed by atoms with E-state index in [-0.39, 0.29) is 5.37 Å². The van der Waals surface area contributed by atoms with Crippen molar-refractivity contribution < 1.29 is 19.4 Å². The number of rotatable bonds is 2. The van der Waals surface area contributed by atoms with E-state index in [0.717, 1.165) is 19.3 Å². The molecule has 1 aliphatic carbocycles. The number of carbonyl (C=O) groups is 2. The van der Waals surface area contributed by atoms with E-state index in [2.05, 4.69) is 12.2 Å². The zero-order valence-electron chi connectivity index (χ0n) is 12.7. The monoisotopic (exact) mass is 313 g/mol. The van der Waals surface area contributed by atoms with Gasteiger partial charge in [-0.2, -0.15) is 0 Å². The third kappa shape index (κ3) is 3.93. The molecule has 2 rings (SSSR count). The highest BCUT2D eigenvalue weighted by molar-refractivity contribution is 8.00. The summed E-state index contributed by atoms with van der Waals surface area (Å²) in [7, 11) is 0. The molecule has 1 aliphatic heterocycles. The lowest BCUT2D eigenvalue weighted by atomic mass is 9.93. The Morgan fingerprint density at radius 3 is 2.57 bits per heavy atom. The molecule has 1 saturated heterocycles. The van der Waals surface area contributed by atoms with E-state index in [9.17, 15) is 14.7 Å². The molecule has 1 heterocycles. The molecular formula is C15H23NO4S. The van der Waals surface area contributed by atoms with Crippen LogP contribution in [0.15, 0.2) is 12.2 Å². The molecule has 0 aromatic rings. The highest BCUT2D eigenvalue weighted by Crippen LogP contribution is 2.39. The number of allylic oxidation sites excluding steroid dienone is 2. The average molecular weight is 313 g/mol. The van der Waals surface area contributed by atoms with Crippen molar-refractivity contribution in [1.82, 2.24) is 4.90 Å². The van der Waals surface area contributed by atoms with Crippen LogP contribution in [0.25, 0.3) is 0 Å². The van der Waals surface area contributed by atoms with Crippen molar-refractivity contribution in [2.24, 2.45) is 5.92 Å². The van der Waals surface area contributed by atoms with Crippen LogP contribution in [0.3, 0.4) is 0 Å². The molecule has 3 atom stereocenters. The van der Waals surface area contributed by atoms with Crippen molar-refractivity contribution >= 4 is 23.8 Å². The Labute approximate surface area is 129 Å². The third-order valence-electron chi connectivity index (χ3n) is 3.64. The summed E-state index contributed by atoms with van der Waals surface area (Å²) in [6, 6.07) is -0.791. The predicted octanol–water partition coefficient (Wildman–Crippen LogP) is 3.11. The van der Waals surface area contributed by atoms with Gasteiger partial charge in [0, 0.05) is 5.75 Å². The summed E-state index contributed by atoms with van der Waals surface area (Å²) in [5.74, 6) is -0.224. The summed E-state index contributed by atoms with van der Waals surface area (Å²) in [5.41, 5.74) is -0.621. The van der Waals surface area contributed by atoms with Crippen molar-refractivity contribution in [2.45, 2.75) is 57.1 Å². The Morgan fingerprint density at radius 1 is 1.33 bits per heavy atom. The number of carboxylic acid groups (broad SMARTS) is 1. The van der Waals surface area contributed by atoms with Crippen molar-refractivity contribution in [3.8, 4) is 0 Å². The molecule has 0 aromatic carbocycles. The quantitative estimate of drug-likeness (QED) is 0.793. The molecule has 0 unspecified atom stereocenters. The minimum atomic E-state index is -0.956. The highest BCUT2D eigenvalue weighted by atomic mass is 32.2. The molecule has 0 aromatic heterocycles. The molecule has 0 saturated carbocycles. The first-order chi connectivity index (χ1) is 9.79. The standard InChI is InChI=1S/C15H23NO4S/c1-15(2,3)20-14(19)16-11(13(17)18)9-21-12(16)10-7-5-4-6-8-10/h4-5,10-12H,6-9H2,1-3H3,(H,17,18)/t10-,11-,12+/m0/s1. The number of carbonyl (C=O) groups excluding carboxylic acids is 1. The molecule has 6 heteroatoms. The van der Waals surface area contributed by atoms with Crippen LogP contribution in [0.4, 0.5) is 4.79 Å². The summed E-state index contributed by atoms with van der Waals surface area (Å²) in [5, 5.41) is 9.26. The van der Waals surface area contributed by atoms with Gasteiger partial charge in [0.25, 0.3) is 0 Å². The number of hydrogen-bond acceptors (Lipinski definition) is 4. The number of nitrogens with zero attached hydrogens (tertiary/aromatic N) is 1. The third-order valence-corrected chi connectivity index (χ3v) is 5.10. The van der Waals surface area contributed by atoms with Crippen LogP contribution in [0, 0.1) is 5.92 Å². The van der Waals surface area contributed by atoms with Crippen molar-refractivity contribution in [3.63, 3.8) is 0 Å². The first-order valence-corrected chi connectivity index (χ1v) is 8.35. The largest absolute Gasteiger partial charge is 0.480 e. The van der Waals surface area contributed by atoms with Gasteiger partial charge < -0.3 is 9.84 Å². The Kier molecular flexibility index (Phi) is 4.86. The van der Waals surface area contributed by atoms with Gasteiger partial charge in [0.05, 0.1) is 5.37 Å². The lowest BCUT2D eigenvalue weighted by molar-refractivity contribution is -0.142. The van der Waals surface area contributed by atoms with E-state index in [0.29, 0.717) is 11.7 Å². The van der Waals surface area contributed by atoms with Gasteiger partial charge in [0.1, 0.15) is 11.6 Å². The molecule has 0 radical (unpaired) electrons. The van der Waals surface area contributed by atoms with Crippen LogP contribution in [-0.4, -0.2) is 44.8 Å². The summed E-state index contributed by atoms with van der Waals surface area (Å²) >= 11 is 1.56. The topological polar surface area (TPSA) is 66.8 Å². The summed E-state index contributed by atoms with van der Waals surface area (Å²) in [6.45, 7) is 5.38. The van der Waals surface area contributed by atoms with E-state index < -0.39 is 23.7 Å². The SMILES string of the molecule is CC(C)(C)OC(=O)N1[C@@H]([C@H]2CC=CCC2)SC[C@H]1C(=O)O. The Balaban J connectivity index is 2.17. The highest BCUT2D eigenvalue weighted by Gasteiger charge is 2.46. The van der Waals surface area contributed by atoms with Gasteiger partial charge in [-0.15, -0.1) is 11.8 Å². The van der Waals surface area contributed by atoms with Gasteiger partial charge in [-0.05, 0) is 46.0 Å². The minimum Gasteiger partial charge on any atom is -0.480 e. The lowest BCUT2D eigenvalue weighted by Gasteiger charge is -2.34. The zero-order valence-corrected chi connectivity index (χ0v) is 13.6. The van der Waals surface area contributed by atoms with Crippen LogP contribution in [0.1, 0.15) is 40.0 Å². The molecule has 1 amide bonds. The first-order valence-electron chi connectivity index (χ1n) is 7.30. The summed E-state index contributed by atoms with van der Waals surface area (Å²) in [6.07, 6.45) is 6.61. The molecule has 0 spiro atoms. The molecule has 1 fully saturated rings. The number of ether oxygens (including phenoxy) is 1. The maximum absolute atomic E-state index is 12.4. The van der Waals surface area contributed by atoms with Gasteiger partial charge in [0.15, 0.2) is 0 Å². The second-order valence-corrected chi connectivity index (χ2v) is 7.66. The van der Waals surface area contributed by atoms with Crippen molar-refractivity contribution in [1.29, 1.82) is 0 Å². The van der Waals surface area contributed by atoms with Crippen LogP contribution >= 0.6 is 11.8 Å². The smallest absolute Gasteiger partial charge is 0.411 e. The molecule has 5 nitrogen and oxygen atoms in total. The van der Waals surface area contributed by atoms with Gasteiger partial charge in [0.2, 0.25) is 0 Å². The number of thioether (sulfide) groups is 1. The van der Waals surface area contributed by atoms with Gasteiger partial charge in [-0.3, -0.25) is 4.90 Å². The van der Waals surface area contributed by atoms with E-state index >= 15 is 0 Å². The molecule has 2 aliphatic rings. The fourth-order valence-electron chi connectivity index (χ4n) is 2.70. The second-order valence-electron chi connectivity index (χ2n) is 6.51. The maximum atomic E-state index is 12.4. The summed E-state index contributed by atoms with van der Waals surface area (Å²) in [4.78, 5) is 25.3. The van der Waals surface area contributed by atoms with Crippen molar-refractivity contribution in [2.75, 3.05) is 5.75 Å². The van der Waals surface area contributed by atoms with E-state index in [1.165, 1.54) is 4.90 Å². The Bertz CT molecular complexity index is 443. The fourth-order valence-corrected chi connectivity index (χ4v) is 4.30. The van der Waals surface area contributed by atoms with Crippen LogP contribution in [0.5, 0.6) is 0 Å². The maximum Gasteiger partial charge on any atom is 0.411 e. The van der Waals surface area contributed by atoms with Gasteiger partial charge >= 0.3 is 12.1 Å². The number of carboxylic acids is 1. The normalized spacial score (nSPS) is 29.5. The van der Waals surface area contributed by atoms with E-state index in [1.807, 2.05) is 0 Å². The van der Waals surface area contributed by atoms with Gasteiger partial charge in [-0.1, -0.05) is 12.2 Å². The van der Waals surface area contributed by atoms with E-state index in [1.54, 1.807) is 32.5 Å². The Morgan fingerprint density at radius 2 is 2.05 bits per heavy atom. The second kappa shape index (κ2) is 6.30. The minimum absolute atomic E-state index is 0.106. The molecular weight excluding hydrogens is 290 g/mol. The molecule has 0 bridgehead atoms. The number of amides is 1. The van der Waals surface area contributed by atoms with Crippen molar-refractivity contribution in [3.05, 3.63) is 12.2 Å². The zero-order chi connectivity index (χ0) is 15.6. The first kappa shape index (κ1) is 16.2. The van der Waals surface area contributed by atoms with Crippen LogP contribution in [0.2, 0.25) is 0 Å². The lowest BCUT2D eigenvalue weighted by Crippen LogP contribution is -2.49. The average Bonchev–Trinajstić information content (AvgIpc) is 2.82. The van der Waals surface area contributed by atoms with Crippen LogP contribution in [-0.2, 0) is 9.53 Å². The number of hydrogen-bond donors (Lipinski definition) is 1. The summed E-state index contributed by atoms with van der Waals surface area (Å²) < 4.78 is 5.42. The molecule has 118 valence electrons. The van der Waals surface area contributed by atoms with Crippen LogP contribution < -0.4 is 0 Å². The fraction of sp³-hybridized carbons (Fsp3) is 0.733. The Hall–Kier alpha value is -1.17. The van der Waals surface area contributed by atoms with E-state index in [4.69, 9.17) is 4.74 Å². The molecule has 21 heavy (non-hydrogen) atoms. The predicted molar refractivity (Wildman–Crippen MR) is 82.2 cm³/mol.